The highest BCUT2D eigenvalue weighted by atomic mass is 32.2. The van der Waals surface area contributed by atoms with E-state index < -0.39 is 6.04 Å². The Morgan fingerprint density at radius 2 is 1.52 bits per heavy atom. The van der Waals surface area contributed by atoms with E-state index in [0.29, 0.717) is 5.75 Å². The highest BCUT2D eigenvalue weighted by Gasteiger charge is 2.10. The first-order chi connectivity index (χ1) is 12.2. The molecule has 0 saturated carbocycles. The van der Waals surface area contributed by atoms with Gasteiger partial charge in [0.1, 0.15) is 6.04 Å². The topological polar surface area (TPSA) is 54.3 Å². The van der Waals surface area contributed by atoms with E-state index in [1.54, 1.807) is 18.4 Å². The molecule has 2 rings (SSSR count). The Labute approximate surface area is 156 Å². The largest absolute Gasteiger partial charge is 0.366 e. The molecule has 1 atom stereocenters. The van der Waals surface area contributed by atoms with Crippen molar-refractivity contribution in [1.82, 2.24) is 0 Å². The maximum atomic E-state index is 9.33. The van der Waals surface area contributed by atoms with Crippen LogP contribution in [0.4, 0.5) is 5.69 Å². The Morgan fingerprint density at radius 3 is 2.00 bits per heavy atom. The number of hydrogen-bond acceptors (Lipinski definition) is 5. The SMILES string of the molecule is CC.CC.CSOOc1ccc(C(C#N)Nc2ccc(C)cc2)cc1. The van der Waals surface area contributed by atoms with Crippen molar-refractivity contribution in [3.05, 3.63) is 59.7 Å². The van der Waals surface area contributed by atoms with Crippen molar-refractivity contribution >= 4 is 17.7 Å². The minimum Gasteiger partial charge on any atom is -0.366 e. The molecule has 1 N–H and O–H groups in total. The zero-order valence-corrected chi connectivity index (χ0v) is 16.7. The summed E-state index contributed by atoms with van der Waals surface area (Å²) in [7, 11) is 0. The Bertz CT molecular complexity index is 607. The molecule has 25 heavy (non-hydrogen) atoms. The Kier molecular flexibility index (Phi) is 13.0. The first-order valence-corrected chi connectivity index (χ1v) is 9.58. The van der Waals surface area contributed by atoms with Crippen molar-refractivity contribution in [2.75, 3.05) is 11.6 Å². The van der Waals surface area contributed by atoms with E-state index in [4.69, 9.17) is 9.22 Å². The van der Waals surface area contributed by atoms with Crippen molar-refractivity contribution in [3.8, 4) is 11.8 Å². The van der Waals surface area contributed by atoms with E-state index in [2.05, 4.69) is 11.4 Å². The summed E-state index contributed by atoms with van der Waals surface area (Å²) >= 11 is 1.13. The molecule has 0 aromatic heterocycles. The summed E-state index contributed by atoms with van der Waals surface area (Å²) < 4.78 is 4.79. The fourth-order valence-corrected chi connectivity index (χ4v) is 1.94. The van der Waals surface area contributed by atoms with Crippen LogP contribution in [0.2, 0.25) is 0 Å². The van der Waals surface area contributed by atoms with Crippen LogP contribution in [0.15, 0.2) is 48.5 Å². The molecular formula is C20H28N2O2S. The van der Waals surface area contributed by atoms with Crippen LogP contribution in [-0.2, 0) is 4.33 Å². The van der Waals surface area contributed by atoms with E-state index in [1.165, 1.54) is 5.56 Å². The Hall–Kier alpha value is -2.16. The molecule has 0 fully saturated rings. The number of anilines is 1. The van der Waals surface area contributed by atoms with Gasteiger partial charge in [-0.25, -0.2) is 0 Å². The molecule has 4 nitrogen and oxygen atoms in total. The van der Waals surface area contributed by atoms with Gasteiger partial charge in [-0.3, -0.25) is 0 Å². The van der Waals surface area contributed by atoms with Gasteiger partial charge in [-0.2, -0.15) is 5.26 Å². The smallest absolute Gasteiger partial charge is 0.166 e. The summed E-state index contributed by atoms with van der Waals surface area (Å²) in [6.07, 6.45) is 1.77. The number of aryl methyl sites for hydroxylation is 1. The van der Waals surface area contributed by atoms with Crippen LogP contribution in [0.5, 0.6) is 5.75 Å². The van der Waals surface area contributed by atoms with Crippen molar-refractivity contribution < 1.29 is 9.22 Å². The van der Waals surface area contributed by atoms with Crippen molar-refractivity contribution in [2.24, 2.45) is 0 Å². The predicted octanol–water partition coefficient (Wildman–Crippen LogP) is 6.31. The molecule has 0 bridgehead atoms. The number of hydrogen-bond donors (Lipinski definition) is 1. The zero-order chi connectivity index (χ0) is 19.1. The number of nitrogens with zero attached hydrogens (tertiary/aromatic N) is 1. The van der Waals surface area contributed by atoms with Gasteiger partial charge in [0.2, 0.25) is 0 Å². The molecule has 0 aliphatic heterocycles. The minimum absolute atomic E-state index is 0.414. The third kappa shape index (κ3) is 8.48. The van der Waals surface area contributed by atoms with Crippen molar-refractivity contribution in [3.63, 3.8) is 0 Å². The minimum atomic E-state index is -0.414. The fourth-order valence-electron chi connectivity index (χ4n) is 1.80. The van der Waals surface area contributed by atoms with Gasteiger partial charge >= 0.3 is 0 Å². The molecule has 2 aromatic rings. The maximum absolute atomic E-state index is 9.33. The average Bonchev–Trinajstić information content (AvgIpc) is 2.69. The zero-order valence-electron chi connectivity index (χ0n) is 15.9. The lowest BCUT2D eigenvalue weighted by Gasteiger charge is -2.14. The van der Waals surface area contributed by atoms with Gasteiger partial charge in [0.25, 0.3) is 0 Å². The Morgan fingerprint density at radius 1 is 0.960 bits per heavy atom. The highest BCUT2D eigenvalue weighted by Crippen LogP contribution is 2.22. The highest BCUT2D eigenvalue weighted by molar-refractivity contribution is 7.93. The molecule has 0 saturated heterocycles. The molecule has 1 unspecified atom stereocenters. The van der Waals surface area contributed by atoms with Crippen LogP contribution in [0.25, 0.3) is 0 Å². The standard InChI is InChI=1S/C16H16N2O2S.2C2H6/c1-12-3-7-14(8-4-12)18-16(11-17)13-5-9-15(10-6-13)19-20-21-2;2*1-2/h3-10,16,18H,1-2H3;2*1-2H3. The maximum Gasteiger partial charge on any atom is 0.166 e. The third-order valence-corrected chi connectivity index (χ3v) is 3.11. The number of nitrogens with one attached hydrogen (secondary N) is 1. The van der Waals surface area contributed by atoms with Crippen molar-refractivity contribution in [1.29, 1.82) is 5.26 Å². The van der Waals surface area contributed by atoms with Gasteiger partial charge in [0, 0.05) is 24.0 Å². The second-order valence-electron chi connectivity index (χ2n) is 4.46. The molecule has 136 valence electrons. The third-order valence-electron chi connectivity index (χ3n) is 2.90. The molecular weight excluding hydrogens is 332 g/mol. The monoisotopic (exact) mass is 360 g/mol. The summed E-state index contributed by atoms with van der Waals surface area (Å²) in [5.41, 5.74) is 2.97. The van der Waals surface area contributed by atoms with Crippen LogP contribution < -0.4 is 10.2 Å². The quantitative estimate of drug-likeness (QED) is 0.371. The lowest BCUT2D eigenvalue weighted by molar-refractivity contribution is -0.0770. The molecule has 5 heteroatoms. The van der Waals surface area contributed by atoms with E-state index in [9.17, 15) is 5.26 Å². The predicted molar refractivity (Wildman–Crippen MR) is 108 cm³/mol. The first kappa shape index (κ1) is 22.8. The van der Waals surface area contributed by atoms with Crippen molar-refractivity contribution in [2.45, 2.75) is 40.7 Å². The van der Waals surface area contributed by atoms with Gasteiger partial charge in [-0.05, 0) is 36.8 Å². The number of rotatable bonds is 6. The second kappa shape index (κ2) is 14.2. The second-order valence-corrected chi connectivity index (χ2v) is 4.93. The lowest BCUT2D eigenvalue weighted by atomic mass is 10.1. The van der Waals surface area contributed by atoms with Gasteiger partial charge in [0.15, 0.2) is 5.75 Å². The molecule has 0 aliphatic rings. The summed E-state index contributed by atoms with van der Waals surface area (Å²) in [5.74, 6) is 0.597. The van der Waals surface area contributed by atoms with Crippen LogP contribution in [-0.4, -0.2) is 6.26 Å². The van der Waals surface area contributed by atoms with Gasteiger partial charge in [-0.1, -0.05) is 57.5 Å². The first-order valence-electron chi connectivity index (χ1n) is 8.43. The molecule has 0 amide bonds. The molecule has 0 radical (unpaired) electrons. The van der Waals surface area contributed by atoms with E-state index in [-0.39, 0.29) is 0 Å². The number of nitriles is 1. The van der Waals surface area contributed by atoms with Crippen LogP contribution in [0.1, 0.15) is 44.9 Å². The van der Waals surface area contributed by atoms with Crippen LogP contribution in [0.3, 0.4) is 0 Å². The summed E-state index contributed by atoms with van der Waals surface area (Å²) in [6, 6.07) is 17.0. The summed E-state index contributed by atoms with van der Waals surface area (Å²) in [6.45, 7) is 10.0. The average molecular weight is 361 g/mol. The van der Waals surface area contributed by atoms with E-state index in [0.717, 1.165) is 23.3 Å². The van der Waals surface area contributed by atoms with Crippen LogP contribution >= 0.6 is 12.0 Å². The van der Waals surface area contributed by atoms with Gasteiger partial charge in [0.05, 0.1) is 6.07 Å². The number of benzene rings is 2. The molecule has 2 aromatic carbocycles. The van der Waals surface area contributed by atoms with Crippen LogP contribution in [0, 0.1) is 18.3 Å². The normalized spacial score (nSPS) is 10.1. The molecule has 0 heterocycles. The Balaban J connectivity index is 0.00000134. The summed E-state index contributed by atoms with van der Waals surface area (Å²) in [5, 5.41) is 12.5. The summed E-state index contributed by atoms with van der Waals surface area (Å²) in [4.78, 5) is 5.01. The lowest BCUT2D eigenvalue weighted by Crippen LogP contribution is -2.08. The van der Waals surface area contributed by atoms with E-state index >= 15 is 0 Å². The fraction of sp³-hybridized carbons (Fsp3) is 0.350. The van der Waals surface area contributed by atoms with Gasteiger partial charge in [-0.15, -0.1) is 4.33 Å². The molecule has 0 aliphatic carbocycles. The molecule has 0 spiro atoms. The van der Waals surface area contributed by atoms with Gasteiger partial charge < -0.3 is 10.2 Å². The van der Waals surface area contributed by atoms with E-state index in [1.807, 2.05) is 71.0 Å².